The van der Waals surface area contributed by atoms with Crippen LogP contribution < -0.4 is 5.32 Å². The highest BCUT2D eigenvalue weighted by molar-refractivity contribution is 7.16. The van der Waals surface area contributed by atoms with Gasteiger partial charge in [-0.1, -0.05) is 23.2 Å². The van der Waals surface area contributed by atoms with Crippen molar-refractivity contribution in [3.63, 3.8) is 0 Å². The zero-order valence-electron chi connectivity index (χ0n) is 9.89. The van der Waals surface area contributed by atoms with Gasteiger partial charge in [-0.15, -0.1) is 11.3 Å². The Balaban J connectivity index is 2.15. The number of nitro benzene ring substituents is 1. The molecule has 0 fully saturated rings. The van der Waals surface area contributed by atoms with E-state index < -0.39 is 4.92 Å². The molecule has 1 aromatic carbocycles. The van der Waals surface area contributed by atoms with Gasteiger partial charge in [-0.2, -0.15) is 0 Å². The van der Waals surface area contributed by atoms with Crippen LogP contribution in [0.25, 0.3) is 0 Å². The maximum atomic E-state index is 10.7. The molecule has 0 spiro atoms. The third-order valence-electron chi connectivity index (χ3n) is 2.55. The molecule has 0 radical (unpaired) electrons. The van der Waals surface area contributed by atoms with Crippen LogP contribution in [-0.2, 0) is 0 Å². The van der Waals surface area contributed by atoms with Crippen molar-refractivity contribution in [2.75, 3.05) is 5.32 Å². The summed E-state index contributed by atoms with van der Waals surface area (Å²) < 4.78 is 0.727. The lowest BCUT2D eigenvalue weighted by atomic mass is 10.2. The number of halogens is 2. The number of hydrogen-bond acceptors (Lipinski definition) is 4. The average Bonchev–Trinajstić information content (AvgIpc) is 2.75. The van der Waals surface area contributed by atoms with Crippen LogP contribution in [0, 0.1) is 10.1 Å². The van der Waals surface area contributed by atoms with E-state index in [1.807, 2.05) is 19.1 Å². The number of thiophene rings is 1. The topological polar surface area (TPSA) is 55.2 Å². The Morgan fingerprint density at radius 2 is 2.05 bits per heavy atom. The van der Waals surface area contributed by atoms with Crippen LogP contribution >= 0.6 is 34.5 Å². The van der Waals surface area contributed by atoms with E-state index in [0.717, 1.165) is 14.9 Å². The summed E-state index contributed by atoms with van der Waals surface area (Å²) in [6.07, 6.45) is 0. The minimum atomic E-state index is -0.505. The maximum Gasteiger partial charge on any atom is 0.288 e. The lowest BCUT2D eigenvalue weighted by Crippen LogP contribution is -2.04. The Hall–Kier alpha value is -1.30. The number of nitro groups is 1. The summed E-state index contributed by atoms with van der Waals surface area (Å²) in [7, 11) is 0. The number of nitrogens with one attached hydrogen (secondary N) is 1. The summed E-state index contributed by atoms with van der Waals surface area (Å²) in [4.78, 5) is 11.2. The molecule has 2 rings (SSSR count). The number of nitrogens with zero attached hydrogens (tertiary/aromatic N) is 1. The molecule has 0 aliphatic heterocycles. The SMILES string of the molecule is CC(Nc1ccc([N+](=O)[O-])c(Cl)c1)c1ccc(Cl)s1. The first-order chi connectivity index (χ1) is 8.97. The molecule has 1 atom stereocenters. The highest BCUT2D eigenvalue weighted by Gasteiger charge is 2.14. The molecular weight excluding hydrogens is 307 g/mol. The van der Waals surface area contributed by atoms with Crippen molar-refractivity contribution in [2.24, 2.45) is 0 Å². The molecule has 0 saturated carbocycles. The Kier molecular flexibility index (Phi) is 4.29. The van der Waals surface area contributed by atoms with Crippen LogP contribution in [0.4, 0.5) is 11.4 Å². The molecule has 7 heteroatoms. The summed E-state index contributed by atoms with van der Waals surface area (Å²) in [6, 6.07) is 8.40. The van der Waals surface area contributed by atoms with Crippen LogP contribution in [0.3, 0.4) is 0 Å². The van der Waals surface area contributed by atoms with Crippen LogP contribution in [0.2, 0.25) is 9.36 Å². The van der Waals surface area contributed by atoms with E-state index in [0.29, 0.717) is 0 Å². The third-order valence-corrected chi connectivity index (χ3v) is 4.26. The van der Waals surface area contributed by atoms with Gasteiger partial charge in [-0.25, -0.2) is 0 Å². The Labute approximate surface area is 124 Å². The van der Waals surface area contributed by atoms with E-state index in [9.17, 15) is 10.1 Å². The van der Waals surface area contributed by atoms with Crippen LogP contribution in [0.1, 0.15) is 17.8 Å². The van der Waals surface area contributed by atoms with Crippen molar-refractivity contribution in [1.29, 1.82) is 0 Å². The summed E-state index contributed by atoms with van der Waals surface area (Å²) in [6.45, 7) is 1.98. The summed E-state index contributed by atoms with van der Waals surface area (Å²) in [5, 5.41) is 14.0. The van der Waals surface area contributed by atoms with E-state index in [1.165, 1.54) is 17.4 Å². The van der Waals surface area contributed by atoms with Gasteiger partial charge in [0.2, 0.25) is 0 Å². The second-order valence-corrected chi connectivity index (χ2v) is 6.09. The van der Waals surface area contributed by atoms with Crippen LogP contribution in [0.15, 0.2) is 30.3 Å². The van der Waals surface area contributed by atoms with E-state index in [2.05, 4.69) is 5.32 Å². The van der Waals surface area contributed by atoms with Gasteiger partial charge in [-0.3, -0.25) is 10.1 Å². The standard InChI is InChI=1S/C12H10Cl2N2O2S/c1-7(11-4-5-12(14)19-11)15-8-2-3-10(16(17)18)9(13)6-8/h2-7,15H,1H3. The van der Waals surface area contributed by atoms with Crippen molar-refractivity contribution in [2.45, 2.75) is 13.0 Å². The Morgan fingerprint density at radius 3 is 2.58 bits per heavy atom. The van der Waals surface area contributed by atoms with Gasteiger partial charge in [0, 0.05) is 16.6 Å². The minimum Gasteiger partial charge on any atom is -0.378 e. The molecule has 1 N–H and O–H groups in total. The second-order valence-electron chi connectivity index (χ2n) is 3.93. The number of anilines is 1. The zero-order valence-corrected chi connectivity index (χ0v) is 12.2. The summed E-state index contributed by atoms with van der Waals surface area (Å²) in [5.74, 6) is 0. The first kappa shape index (κ1) is 14.1. The molecular formula is C12H10Cl2N2O2S. The highest BCUT2D eigenvalue weighted by atomic mass is 35.5. The smallest absolute Gasteiger partial charge is 0.288 e. The molecule has 1 aromatic heterocycles. The van der Waals surface area contributed by atoms with Gasteiger partial charge in [0.05, 0.1) is 15.3 Å². The lowest BCUT2D eigenvalue weighted by Gasteiger charge is -2.13. The zero-order chi connectivity index (χ0) is 14.0. The highest BCUT2D eigenvalue weighted by Crippen LogP contribution is 2.31. The monoisotopic (exact) mass is 316 g/mol. The normalized spacial score (nSPS) is 12.2. The number of rotatable bonds is 4. The molecule has 19 heavy (non-hydrogen) atoms. The first-order valence-corrected chi connectivity index (χ1v) is 7.00. The largest absolute Gasteiger partial charge is 0.378 e. The molecule has 0 aliphatic carbocycles. The fourth-order valence-corrected chi connectivity index (χ4v) is 2.94. The van der Waals surface area contributed by atoms with Gasteiger partial charge in [0.15, 0.2) is 0 Å². The van der Waals surface area contributed by atoms with E-state index >= 15 is 0 Å². The Bertz CT molecular complexity index is 616. The van der Waals surface area contributed by atoms with Gasteiger partial charge in [0.1, 0.15) is 5.02 Å². The van der Waals surface area contributed by atoms with Crippen LogP contribution in [-0.4, -0.2) is 4.92 Å². The van der Waals surface area contributed by atoms with Crippen LogP contribution in [0.5, 0.6) is 0 Å². The molecule has 100 valence electrons. The van der Waals surface area contributed by atoms with Gasteiger partial charge in [-0.05, 0) is 31.2 Å². The third kappa shape index (κ3) is 3.37. The maximum absolute atomic E-state index is 10.7. The molecule has 0 bridgehead atoms. The molecule has 1 unspecified atom stereocenters. The van der Waals surface area contributed by atoms with E-state index in [1.54, 1.807) is 12.1 Å². The first-order valence-electron chi connectivity index (χ1n) is 5.43. The quantitative estimate of drug-likeness (QED) is 0.628. The predicted molar refractivity (Wildman–Crippen MR) is 79.5 cm³/mol. The van der Waals surface area contributed by atoms with Crippen molar-refractivity contribution in [3.8, 4) is 0 Å². The van der Waals surface area contributed by atoms with Gasteiger partial charge >= 0.3 is 0 Å². The van der Waals surface area contributed by atoms with Crippen molar-refractivity contribution < 1.29 is 4.92 Å². The summed E-state index contributed by atoms with van der Waals surface area (Å²) >= 11 is 13.2. The average molecular weight is 317 g/mol. The van der Waals surface area contributed by atoms with Crippen molar-refractivity contribution in [1.82, 2.24) is 0 Å². The molecule has 0 amide bonds. The fraction of sp³-hybridized carbons (Fsp3) is 0.167. The second kappa shape index (κ2) is 5.77. The predicted octanol–water partition coefficient (Wildman–Crippen LogP) is 5.14. The van der Waals surface area contributed by atoms with E-state index in [4.69, 9.17) is 23.2 Å². The molecule has 2 aromatic rings. The van der Waals surface area contributed by atoms with Gasteiger partial charge < -0.3 is 5.32 Å². The number of hydrogen-bond donors (Lipinski definition) is 1. The molecule has 0 saturated heterocycles. The fourth-order valence-electron chi connectivity index (χ4n) is 1.63. The summed E-state index contributed by atoms with van der Waals surface area (Å²) in [5.41, 5.74) is 0.631. The van der Waals surface area contributed by atoms with Gasteiger partial charge in [0.25, 0.3) is 5.69 Å². The van der Waals surface area contributed by atoms with E-state index in [-0.39, 0.29) is 16.8 Å². The molecule has 1 heterocycles. The Morgan fingerprint density at radius 1 is 1.32 bits per heavy atom. The minimum absolute atomic E-state index is 0.0509. The molecule has 0 aliphatic rings. The van der Waals surface area contributed by atoms with Crippen molar-refractivity contribution in [3.05, 3.63) is 54.7 Å². The van der Waals surface area contributed by atoms with Crippen molar-refractivity contribution >= 4 is 45.9 Å². The number of benzene rings is 1. The molecule has 4 nitrogen and oxygen atoms in total. The lowest BCUT2D eigenvalue weighted by molar-refractivity contribution is -0.384.